The Morgan fingerprint density at radius 2 is 1.65 bits per heavy atom. The number of primary amides is 1. The van der Waals surface area contributed by atoms with Crippen LogP contribution in [-0.2, 0) is 6.54 Å². The molecule has 5 heteroatoms. The number of anilines is 1. The maximum atomic E-state index is 11.5. The van der Waals surface area contributed by atoms with Crippen LogP contribution in [0.25, 0.3) is 16.7 Å². The predicted molar refractivity (Wildman–Crippen MR) is 103 cm³/mol. The number of carbonyl (C=O) groups is 1. The summed E-state index contributed by atoms with van der Waals surface area (Å²) in [5.41, 5.74) is 9.59. The molecule has 0 aliphatic heterocycles. The normalized spacial score (nSPS) is 10.8. The molecule has 4 aromatic rings. The van der Waals surface area contributed by atoms with Gasteiger partial charge in [-0.25, -0.2) is 4.98 Å². The largest absolute Gasteiger partial charge is 0.378 e. The number of nitrogens with zero attached hydrogens (tertiary/aromatic N) is 2. The maximum Gasteiger partial charge on any atom is 0.248 e. The molecule has 3 N–H and O–H groups in total. The minimum absolute atomic E-state index is 0.454. The first-order valence-electron chi connectivity index (χ1n) is 8.38. The summed E-state index contributed by atoms with van der Waals surface area (Å²) in [4.78, 5) is 16.2. The van der Waals surface area contributed by atoms with Gasteiger partial charge in [-0.2, -0.15) is 0 Å². The van der Waals surface area contributed by atoms with Gasteiger partial charge in [0, 0.05) is 16.9 Å². The number of benzene rings is 3. The minimum atomic E-state index is -0.454. The summed E-state index contributed by atoms with van der Waals surface area (Å²) in [6.07, 6.45) is 0. The number of para-hydroxylation sites is 2. The van der Waals surface area contributed by atoms with Crippen LogP contribution < -0.4 is 11.1 Å². The van der Waals surface area contributed by atoms with Crippen LogP contribution >= 0.6 is 0 Å². The van der Waals surface area contributed by atoms with E-state index in [1.165, 1.54) is 0 Å². The van der Waals surface area contributed by atoms with Crippen LogP contribution in [0.3, 0.4) is 0 Å². The Morgan fingerprint density at radius 3 is 2.35 bits per heavy atom. The van der Waals surface area contributed by atoms with Gasteiger partial charge in [0.05, 0.1) is 17.6 Å². The van der Waals surface area contributed by atoms with Crippen molar-refractivity contribution in [2.45, 2.75) is 6.54 Å². The molecule has 0 atom stereocenters. The molecule has 0 saturated carbocycles. The van der Waals surface area contributed by atoms with Crippen molar-refractivity contribution >= 4 is 22.6 Å². The number of hydrogen-bond donors (Lipinski definition) is 2. The summed E-state index contributed by atoms with van der Waals surface area (Å²) in [5, 5.41) is 3.39. The first-order chi connectivity index (χ1) is 12.7. The van der Waals surface area contributed by atoms with Crippen molar-refractivity contribution < 1.29 is 4.79 Å². The number of aromatic nitrogens is 2. The van der Waals surface area contributed by atoms with Gasteiger partial charge >= 0.3 is 0 Å². The van der Waals surface area contributed by atoms with E-state index in [9.17, 15) is 4.79 Å². The van der Waals surface area contributed by atoms with Crippen LogP contribution in [0.15, 0.2) is 78.9 Å². The van der Waals surface area contributed by atoms with Crippen molar-refractivity contribution in [3.8, 4) is 5.69 Å². The highest BCUT2D eigenvalue weighted by molar-refractivity contribution is 5.96. The second-order valence-corrected chi connectivity index (χ2v) is 5.99. The molecule has 0 radical (unpaired) electrons. The SMILES string of the molecule is NC(=O)c1ccc2c(c1)nc(CNc1ccccc1)n2-c1ccccc1. The van der Waals surface area contributed by atoms with Gasteiger partial charge in [0.1, 0.15) is 5.82 Å². The van der Waals surface area contributed by atoms with Gasteiger partial charge in [0.25, 0.3) is 0 Å². The monoisotopic (exact) mass is 342 g/mol. The van der Waals surface area contributed by atoms with Gasteiger partial charge in [-0.15, -0.1) is 0 Å². The van der Waals surface area contributed by atoms with Gasteiger partial charge in [-0.1, -0.05) is 36.4 Å². The Kier molecular flexibility index (Phi) is 4.11. The average Bonchev–Trinajstić information content (AvgIpc) is 3.05. The van der Waals surface area contributed by atoms with E-state index >= 15 is 0 Å². The highest BCUT2D eigenvalue weighted by atomic mass is 16.1. The number of rotatable bonds is 5. The average molecular weight is 342 g/mol. The molecule has 0 aliphatic carbocycles. The van der Waals surface area contributed by atoms with Crippen LogP contribution in [0.4, 0.5) is 5.69 Å². The summed E-state index contributed by atoms with van der Waals surface area (Å²) in [6.45, 7) is 0.555. The van der Waals surface area contributed by atoms with Gasteiger partial charge in [-0.3, -0.25) is 9.36 Å². The topological polar surface area (TPSA) is 72.9 Å². The van der Waals surface area contributed by atoms with E-state index < -0.39 is 5.91 Å². The van der Waals surface area contributed by atoms with E-state index in [1.807, 2.05) is 66.7 Å². The molecule has 128 valence electrons. The Bertz CT molecular complexity index is 1060. The molecule has 0 unspecified atom stereocenters. The lowest BCUT2D eigenvalue weighted by Gasteiger charge is -2.11. The molecule has 26 heavy (non-hydrogen) atoms. The summed E-state index contributed by atoms with van der Waals surface area (Å²) >= 11 is 0. The lowest BCUT2D eigenvalue weighted by molar-refractivity contribution is 0.100. The fraction of sp³-hybridized carbons (Fsp3) is 0.0476. The van der Waals surface area contributed by atoms with Crippen molar-refractivity contribution in [1.29, 1.82) is 0 Å². The number of nitrogens with two attached hydrogens (primary N) is 1. The summed E-state index contributed by atoms with van der Waals surface area (Å²) in [5.74, 6) is 0.404. The second-order valence-electron chi connectivity index (χ2n) is 5.99. The second kappa shape index (κ2) is 6.72. The van der Waals surface area contributed by atoms with Gasteiger partial charge in [0.2, 0.25) is 5.91 Å². The number of carbonyl (C=O) groups excluding carboxylic acids is 1. The maximum absolute atomic E-state index is 11.5. The van der Waals surface area contributed by atoms with Crippen LogP contribution in [0.1, 0.15) is 16.2 Å². The predicted octanol–water partition coefficient (Wildman–Crippen LogP) is 3.74. The van der Waals surface area contributed by atoms with Crippen LogP contribution in [0.2, 0.25) is 0 Å². The molecule has 0 spiro atoms. The standard InChI is InChI=1S/C21H18N4O/c22-21(26)15-11-12-19-18(13-15)24-20(14-23-16-7-3-1-4-8-16)25(19)17-9-5-2-6-10-17/h1-13,23H,14H2,(H2,22,26). The lowest BCUT2D eigenvalue weighted by Crippen LogP contribution is -2.10. The molecule has 5 nitrogen and oxygen atoms in total. The smallest absolute Gasteiger partial charge is 0.248 e. The first-order valence-corrected chi connectivity index (χ1v) is 8.38. The third kappa shape index (κ3) is 3.02. The van der Waals surface area contributed by atoms with Gasteiger partial charge < -0.3 is 11.1 Å². The molecule has 0 fully saturated rings. The zero-order chi connectivity index (χ0) is 17.9. The molecule has 0 bridgehead atoms. The summed E-state index contributed by atoms with van der Waals surface area (Å²) in [6, 6.07) is 25.4. The van der Waals surface area contributed by atoms with E-state index in [0.29, 0.717) is 12.1 Å². The molecule has 4 rings (SSSR count). The first kappa shape index (κ1) is 15.9. The fourth-order valence-electron chi connectivity index (χ4n) is 3.00. The number of imidazole rings is 1. The number of fused-ring (bicyclic) bond motifs is 1. The molecule has 0 saturated heterocycles. The lowest BCUT2D eigenvalue weighted by atomic mass is 10.2. The van der Waals surface area contributed by atoms with E-state index in [2.05, 4.69) is 9.88 Å². The fourth-order valence-corrected chi connectivity index (χ4v) is 3.00. The quantitative estimate of drug-likeness (QED) is 0.580. The Hall–Kier alpha value is -3.60. The third-order valence-corrected chi connectivity index (χ3v) is 4.25. The summed E-state index contributed by atoms with van der Waals surface area (Å²) < 4.78 is 2.09. The Balaban J connectivity index is 1.80. The van der Waals surface area contributed by atoms with Crippen molar-refractivity contribution in [2.24, 2.45) is 5.73 Å². The molecule has 1 amide bonds. The molecular formula is C21H18N4O. The van der Waals surface area contributed by atoms with E-state index in [4.69, 9.17) is 10.7 Å². The number of hydrogen-bond acceptors (Lipinski definition) is 3. The van der Waals surface area contributed by atoms with Crippen molar-refractivity contribution in [3.63, 3.8) is 0 Å². The Morgan fingerprint density at radius 1 is 0.962 bits per heavy atom. The van der Waals surface area contributed by atoms with Crippen molar-refractivity contribution in [1.82, 2.24) is 9.55 Å². The molecule has 3 aromatic carbocycles. The number of nitrogens with one attached hydrogen (secondary N) is 1. The highest BCUT2D eigenvalue weighted by Crippen LogP contribution is 2.23. The van der Waals surface area contributed by atoms with Crippen molar-refractivity contribution in [3.05, 3.63) is 90.3 Å². The zero-order valence-electron chi connectivity index (χ0n) is 14.1. The third-order valence-electron chi connectivity index (χ3n) is 4.25. The minimum Gasteiger partial charge on any atom is -0.378 e. The molecule has 1 heterocycles. The van der Waals surface area contributed by atoms with Gasteiger partial charge in [-0.05, 0) is 42.5 Å². The van der Waals surface area contributed by atoms with Crippen molar-refractivity contribution in [2.75, 3.05) is 5.32 Å². The summed E-state index contributed by atoms with van der Waals surface area (Å²) in [7, 11) is 0. The Labute approximate surface area is 151 Å². The zero-order valence-corrected chi connectivity index (χ0v) is 14.1. The van der Waals surface area contributed by atoms with Gasteiger partial charge in [0.15, 0.2) is 0 Å². The molecule has 0 aliphatic rings. The van der Waals surface area contributed by atoms with Crippen LogP contribution in [-0.4, -0.2) is 15.5 Å². The van der Waals surface area contributed by atoms with E-state index in [1.54, 1.807) is 12.1 Å². The molecule has 1 aromatic heterocycles. The van der Waals surface area contributed by atoms with Crippen LogP contribution in [0.5, 0.6) is 0 Å². The van der Waals surface area contributed by atoms with Crippen LogP contribution in [0, 0.1) is 0 Å². The van der Waals surface area contributed by atoms with E-state index in [0.717, 1.165) is 28.2 Å². The molecular weight excluding hydrogens is 324 g/mol. The highest BCUT2D eigenvalue weighted by Gasteiger charge is 2.14. The van der Waals surface area contributed by atoms with E-state index in [-0.39, 0.29) is 0 Å². The number of amides is 1.